The molecule has 7 heteroatoms. The molecule has 136 valence electrons. The van der Waals surface area contributed by atoms with Crippen molar-refractivity contribution in [3.8, 4) is 0 Å². The molecule has 1 aromatic rings. The van der Waals surface area contributed by atoms with Crippen molar-refractivity contribution >= 4 is 29.3 Å². The van der Waals surface area contributed by atoms with Crippen molar-refractivity contribution in [3.05, 3.63) is 46.1 Å². The molecule has 0 aromatic heterocycles. The molecule has 1 aliphatic carbocycles. The Balaban J connectivity index is 1.89. The van der Waals surface area contributed by atoms with Gasteiger partial charge >= 0.3 is 6.03 Å². The Morgan fingerprint density at radius 3 is 2.62 bits per heavy atom. The van der Waals surface area contributed by atoms with Gasteiger partial charge in [0.05, 0.1) is 5.92 Å². The average molecular weight is 374 g/mol. The third-order valence-electron chi connectivity index (χ3n) is 5.31. The molecule has 2 heterocycles. The number of nitrogens with one attached hydrogen (secondary N) is 3. The maximum absolute atomic E-state index is 13.0. The number of imide groups is 1. The monoisotopic (exact) mass is 373 g/mol. The lowest BCUT2D eigenvalue weighted by Crippen LogP contribution is -2.66. The summed E-state index contributed by atoms with van der Waals surface area (Å²) < 4.78 is 0. The van der Waals surface area contributed by atoms with E-state index in [1.807, 2.05) is 26.0 Å². The summed E-state index contributed by atoms with van der Waals surface area (Å²) in [5, 5.41) is 8.90. The van der Waals surface area contributed by atoms with Crippen molar-refractivity contribution in [1.29, 1.82) is 0 Å². The number of hydrogen-bond donors (Lipinski definition) is 3. The number of rotatable bonds is 1. The van der Waals surface area contributed by atoms with Crippen LogP contribution in [0.2, 0.25) is 5.02 Å². The smallest absolute Gasteiger partial charge is 0.323 e. The van der Waals surface area contributed by atoms with Gasteiger partial charge in [-0.1, -0.05) is 37.6 Å². The molecule has 1 saturated heterocycles. The molecule has 0 spiro atoms. The number of urea groups is 1. The topological polar surface area (TPSA) is 87.3 Å². The summed E-state index contributed by atoms with van der Waals surface area (Å²) in [6, 6.07) is 6.70. The van der Waals surface area contributed by atoms with Gasteiger partial charge < -0.3 is 10.6 Å². The second-order valence-corrected chi connectivity index (χ2v) is 8.41. The van der Waals surface area contributed by atoms with Gasteiger partial charge in [-0.15, -0.1) is 0 Å². The number of Topliss-reactive ketones (excluding diaryl/α,β-unsaturated/α-hetero) is 1. The lowest BCUT2D eigenvalue weighted by molar-refractivity contribution is -0.127. The van der Waals surface area contributed by atoms with E-state index in [9.17, 15) is 14.4 Å². The zero-order valence-electron chi connectivity index (χ0n) is 14.6. The maximum atomic E-state index is 13.0. The van der Waals surface area contributed by atoms with Crippen molar-refractivity contribution in [2.45, 2.75) is 38.8 Å². The highest BCUT2D eigenvalue weighted by Gasteiger charge is 2.50. The largest absolute Gasteiger partial charge is 0.368 e. The molecule has 3 unspecified atom stereocenters. The molecule has 3 amide bonds. The molecule has 0 bridgehead atoms. The molecule has 3 atom stereocenters. The van der Waals surface area contributed by atoms with E-state index < -0.39 is 24.0 Å². The van der Waals surface area contributed by atoms with Crippen molar-refractivity contribution in [3.63, 3.8) is 0 Å². The predicted molar refractivity (Wildman–Crippen MR) is 96.3 cm³/mol. The summed E-state index contributed by atoms with van der Waals surface area (Å²) in [5.74, 6) is -1.41. The van der Waals surface area contributed by atoms with Crippen LogP contribution in [-0.4, -0.2) is 23.9 Å². The Bertz CT molecular complexity index is 861. The SMILES string of the molecule is CC1(C)CC(=O)C2=C(C1)NC1NC(=O)NC(=O)C1C2c1cccc(Cl)c1. The average Bonchev–Trinajstić information content (AvgIpc) is 2.51. The van der Waals surface area contributed by atoms with Gasteiger partial charge in [0, 0.05) is 28.6 Å². The standard InChI is InChI=1S/C19H20ClN3O3/c1-19(2)7-11-14(12(24)8-19)13(9-4-3-5-10(20)6-9)15-16(21-11)22-18(26)23-17(15)25/h3-6,13,15-16,21H,7-8H2,1-2H3,(H2,22,23,25,26). The number of amides is 3. The van der Waals surface area contributed by atoms with Crippen LogP contribution in [0, 0.1) is 11.3 Å². The van der Waals surface area contributed by atoms with Crippen molar-refractivity contribution in [2.75, 3.05) is 0 Å². The maximum Gasteiger partial charge on any atom is 0.323 e. The van der Waals surface area contributed by atoms with E-state index in [1.54, 1.807) is 12.1 Å². The fourth-order valence-electron chi connectivity index (χ4n) is 4.35. The molecular weight excluding hydrogens is 354 g/mol. The van der Waals surface area contributed by atoms with E-state index in [0.29, 0.717) is 23.4 Å². The molecule has 1 aromatic carbocycles. The first-order chi connectivity index (χ1) is 12.2. The van der Waals surface area contributed by atoms with E-state index in [4.69, 9.17) is 11.6 Å². The number of fused-ring (bicyclic) bond motifs is 1. The van der Waals surface area contributed by atoms with Crippen LogP contribution >= 0.6 is 11.6 Å². The molecule has 0 saturated carbocycles. The molecule has 3 N–H and O–H groups in total. The molecule has 2 aliphatic heterocycles. The highest BCUT2D eigenvalue weighted by atomic mass is 35.5. The second-order valence-electron chi connectivity index (χ2n) is 7.98. The molecular formula is C19H20ClN3O3. The number of carbonyl (C=O) groups is 3. The van der Waals surface area contributed by atoms with Gasteiger partial charge in [0.2, 0.25) is 5.91 Å². The summed E-state index contributed by atoms with van der Waals surface area (Å²) in [4.78, 5) is 37.4. The van der Waals surface area contributed by atoms with Gasteiger partial charge in [0.25, 0.3) is 0 Å². The van der Waals surface area contributed by atoms with Gasteiger partial charge in [-0.3, -0.25) is 14.9 Å². The van der Waals surface area contributed by atoms with E-state index in [1.165, 1.54) is 0 Å². The summed E-state index contributed by atoms with van der Waals surface area (Å²) >= 11 is 6.17. The first-order valence-electron chi connectivity index (χ1n) is 8.65. The zero-order chi connectivity index (χ0) is 18.6. The highest BCUT2D eigenvalue weighted by Crippen LogP contribution is 2.47. The summed E-state index contributed by atoms with van der Waals surface area (Å²) in [5.41, 5.74) is 2.09. The van der Waals surface area contributed by atoms with Crippen LogP contribution < -0.4 is 16.0 Å². The number of carbonyl (C=O) groups excluding carboxylic acids is 3. The van der Waals surface area contributed by atoms with Crippen molar-refractivity contribution < 1.29 is 14.4 Å². The van der Waals surface area contributed by atoms with Crippen LogP contribution in [0.4, 0.5) is 4.79 Å². The first kappa shape index (κ1) is 17.1. The summed E-state index contributed by atoms with van der Waals surface area (Å²) in [6.07, 6.45) is 0.558. The minimum atomic E-state index is -0.616. The number of hydrogen-bond acceptors (Lipinski definition) is 4. The van der Waals surface area contributed by atoms with Gasteiger partial charge in [0.1, 0.15) is 6.17 Å². The van der Waals surface area contributed by atoms with E-state index in [2.05, 4.69) is 16.0 Å². The minimum Gasteiger partial charge on any atom is -0.368 e. The minimum absolute atomic E-state index is 0.0388. The van der Waals surface area contributed by atoms with Crippen molar-refractivity contribution in [2.24, 2.45) is 11.3 Å². The summed E-state index contributed by atoms with van der Waals surface area (Å²) in [7, 11) is 0. The molecule has 4 rings (SSSR count). The van der Waals surface area contributed by atoms with Gasteiger partial charge in [-0.2, -0.15) is 0 Å². The number of benzene rings is 1. The van der Waals surface area contributed by atoms with E-state index in [-0.39, 0.29) is 17.1 Å². The normalized spacial score (nSPS) is 30.0. The van der Waals surface area contributed by atoms with Crippen molar-refractivity contribution in [1.82, 2.24) is 16.0 Å². The molecule has 1 fully saturated rings. The Labute approximate surface area is 156 Å². The first-order valence-corrected chi connectivity index (χ1v) is 9.02. The third-order valence-corrected chi connectivity index (χ3v) is 5.55. The van der Waals surface area contributed by atoms with E-state index in [0.717, 1.165) is 11.3 Å². The lowest BCUT2D eigenvalue weighted by atomic mass is 9.66. The van der Waals surface area contributed by atoms with Crippen LogP contribution in [0.3, 0.4) is 0 Å². The fraction of sp³-hybridized carbons (Fsp3) is 0.421. The Kier molecular flexibility index (Phi) is 3.84. The lowest BCUT2D eigenvalue weighted by Gasteiger charge is -2.46. The van der Waals surface area contributed by atoms with Crippen LogP contribution in [0.1, 0.15) is 38.2 Å². The Morgan fingerprint density at radius 1 is 1.12 bits per heavy atom. The summed E-state index contributed by atoms with van der Waals surface area (Å²) in [6.45, 7) is 4.09. The second kappa shape index (κ2) is 5.84. The van der Waals surface area contributed by atoms with Gasteiger partial charge in [-0.25, -0.2) is 4.79 Å². The van der Waals surface area contributed by atoms with Gasteiger partial charge in [0.15, 0.2) is 5.78 Å². The van der Waals surface area contributed by atoms with Gasteiger partial charge in [-0.05, 0) is 29.5 Å². The Morgan fingerprint density at radius 2 is 1.88 bits per heavy atom. The predicted octanol–water partition coefficient (Wildman–Crippen LogP) is 2.45. The molecule has 3 aliphatic rings. The van der Waals surface area contributed by atoms with E-state index >= 15 is 0 Å². The third kappa shape index (κ3) is 2.78. The number of halogens is 1. The molecule has 26 heavy (non-hydrogen) atoms. The molecule has 0 radical (unpaired) electrons. The Hall–Kier alpha value is -2.34. The van der Waals surface area contributed by atoms with Crippen LogP contribution in [0.25, 0.3) is 0 Å². The highest BCUT2D eigenvalue weighted by molar-refractivity contribution is 6.30. The zero-order valence-corrected chi connectivity index (χ0v) is 15.3. The van der Waals surface area contributed by atoms with Crippen LogP contribution in [-0.2, 0) is 9.59 Å². The number of allylic oxidation sites excluding steroid dienone is 2. The quantitative estimate of drug-likeness (QED) is 0.705. The molecule has 6 nitrogen and oxygen atoms in total. The van der Waals surface area contributed by atoms with Crippen LogP contribution in [0.5, 0.6) is 0 Å². The number of ketones is 1. The fourth-order valence-corrected chi connectivity index (χ4v) is 4.55. The van der Waals surface area contributed by atoms with Crippen LogP contribution in [0.15, 0.2) is 35.5 Å².